The van der Waals surface area contributed by atoms with Gasteiger partial charge in [-0.1, -0.05) is 18.5 Å². The number of nitrogens with one attached hydrogen (secondary N) is 2. The van der Waals surface area contributed by atoms with Crippen LogP contribution in [0.1, 0.15) is 20.3 Å². The van der Waals surface area contributed by atoms with Crippen LogP contribution in [0, 0.1) is 0 Å². The van der Waals surface area contributed by atoms with Crippen molar-refractivity contribution in [2.24, 2.45) is 0 Å². The van der Waals surface area contributed by atoms with Crippen molar-refractivity contribution in [1.82, 2.24) is 5.32 Å². The first-order valence-corrected chi connectivity index (χ1v) is 6.31. The van der Waals surface area contributed by atoms with Crippen LogP contribution in [0.15, 0.2) is 18.2 Å². The zero-order valence-corrected chi connectivity index (χ0v) is 11.7. The van der Waals surface area contributed by atoms with Crippen molar-refractivity contribution in [3.63, 3.8) is 0 Å². The van der Waals surface area contributed by atoms with E-state index < -0.39 is 0 Å². The number of methoxy groups -OCH3 is 1. The number of anilines is 1. The first kappa shape index (κ1) is 14.6. The van der Waals surface area contributed by atoms with Gasteiger partial charge in [0.2, 0.25) is 5.91 Å². The van der Waals surface area contributed by atoms with Crippen LogP contribution in [0.2, 0.25) is 5.02 Å². The van der Waals surface area contributed by atoms with Gasteiger partial charge < -0.3 is 15.4 Å². The SMILES string of the molecule is CCC(C)NC(=O)CNc1cc(Cl)ccc1OC. The number of halogens is 1. The van der Waals surface area contributed by atoms with Crippen molar-refractivity contribution in [3.05, 3.63) is 23.2 Å². The van der Waals surface area contributed by atoms with Gasteiger partial charge in [-0.3, -0.25) is 4.79 Å². The highest BCUT2D eigenvalue weighted by molar-refractivity contribution is 6.30. The minimum atomic E-state index is -0.0496. The topological polar surface area (TPSA) is 50.4 Å². The van der Waals surface area contributed by atoms with E-state index in [4.69, 9.17) is 16.3 Å². The summed E-state index contributed by atoms with van der Waals surface area (Å²) in [6, 6.07) is 5.42. The van der Waals surface area contributed by atoms with E-state index in [1.54, 1.807) is 25.3 Å². The van der Waals surface area contributed by atoms with Crippen molar-refractivity contribution < 1.29 is 9.53 Å². The molecule has 0 aliphatic carbocycles. The molecule has 0 radical (unpaired) electrons. The number of carbonyl (C=O) groups is 1. The number of hydrogen-bond acceptors (Lipinski definition) is 3. The zero-order valence-electron chi connectivity index (χ0n) is 10.9. The summed E-state index contributed by atoms with van der Waals surface area (Å²) >= 11 is 5.90. The minimum absolute atomic E-state index is 0.0496. The quantitative estimate of drug-likeness (QED) is 0.836. The van der Waals surface area contributed by atoms with Crippen molar-refractivity contribution in [3.8, 4) is 5.75 Å². The summed E-state index contributed by atoms with van der Waals surface area (Å²) in [4.78, 5) is 11.6. The Kier molecular flexibility index (Phi) is 5.78. The Morgan fingerprint density at radius 3 is 2.83 bits per heavy atom. The predicted octanol–water partition coefficient (Wildman–Crippen LogP) is 2.68. The van der Waals surface area contributed by atoms with Crippen LogP contribution in [0.3, 0.4) is 0 Å². The molecule has 0 bridgehead atoms. The highest BCUT2D eigenvalue weighted by Gasteiger charge is 2.08. The maximum atomic E-state index is 11.6. The van der Waals surface area contributed by atoms with Crippen LogP contribution in [-0.2, 0) is 4.79 Å². The summed E-state index contributed by atoms with van der Waals surface area (Å²) in [7, 11) is 1.58. The fraction of sp³-hybridized carbons (Fsp3) is 0.462. The van der Waals surface area contributed by atoms with E-state index in [0.717, 1.165) is 6.42 Å². The van der Waals surface area contributed by atoms with Gasteiger partial charge >= 0.3 is 0 Å². The Morgan fingerprint density at radius 1 is 1.50 bits per heavy atom. The predicted molar refractivity (Wildman–Crippen MR) is 74.4 cm³/mol. The van der Waals surface area contributed by atoms with Crippen molar-refractivity contribution in [1.29, 1.82) is 0 Å². The molecule has 1 rings (SSSR count). The molecule has 1 amide bonds. The fourth-order valence-electron chi connectivity index (χ4n) is 1.42. The van der Waals surface area contributed by atoms with Crippen LogP contribution in [0.5, 0.6) is 5.75 Å². The molecule has 0 heterocycles. The number of carbonyl (C=O) groups excluding carboxylic acids is 1. The molecule has 1 atom stereocenters. The Balaban J connectivity index is 2.57. The third-order valence-electron chi connectivity index (χ3n) is 2.62. The second-order valence-corrected chi connectivity index (χ2v) is 4.51. The molecule has 0 fully saturated rings. The molecule has 1 aromatic carbocycles. The van der Waals surface area contributed by atoms with E-state index in [1.807, 2.05) is 13.8 Å². The van der Waals surface area contributed by atoms with Crippen LogP contribution in [0.4, 0.5) is 5.69 Å². The highest BCUT2D eigenvalue weighted by Crippen LogP contribution is 2.27. The summed E-state index contributed by atoms with van der Waals surface area (Å²) in [5, 5.41) is 6.49. The lowest BCUT2D eigenvalue weighted by Crippen LogP contribution is -2.36. The van der Waals surface area contributed by atoms with Gasteiger partial charge in [-0.05, 0) is 31.5 Å². The summed E-state index contributed by atoms with van der Waals surface area (Å²) < 4.78 is 5.18. The lowest BCUT2D eigenvalue weighted by atomic mass is 10.2. The fourth-order valence-corrected chi connectivity index (χ4v) is 1.59. The normalized spacial score (nSPS) is 11.8. The Labute approximate surface area is 113 Å². The number of ether oxygens (including phenoxy) is 1. The standard InChI is InChI=1S/C13H19ClN2O2/c1-4-9(2)16-13(17)8-15-11-7-10(14)5-6-12(11)18-3/h5-7,9,15H,4,8H2,1-3H3,(H,16,17). The molecular weight excluding hydrogens is 252 g/mol. The molecular formula is C13H19ClN2O2. The minimum Gasteiger partial charge on any atom is -0.495 e. The van der Waals surface area contributed by atoms with Gasteiger partial charge in [0.05, 0.1) is 19.3 Å². The average Bonchev–Trinajstić information content (AvgIpc) is 2.36. The number of amides is 1. The molecule has 0 aliphatic heterocycles. The molecule has 0 aliphatic rings. The van der Waals surface area contributed by atoms with Gasteiger partial charge in [-0.2, -0.15) is 0 Å². The number of rotatable bonds is 6. The lowest BCUT2D eigenvalue weighted by Gasteiger charge is -2.14. The largest absolute Gasteiger partial charge is 0.495 e. The molecule has 5 heteroatoms. The van der Waals surface area contributed by atoms with Gasteiger partial charge in [0, 0.05) is 11.1 Å². The summed E-state index contributed by atoms with van der Waals surface area (Å²) in [6.45, 7) is 4.19. The molecule has 1 aromatic rings. The first-order chi connectivity index (χ1) is 8.56. The van der Waals surface area contributed by atoms with Crippen molar-refractivity contribution in [2.45, 2.75) is 26.3 Å². The molecule has 1 unspecified atom stereocenters. The van der Waals surface area contributed by atoms with Gasteiger partial charge in [0.25, 0.3) is 0 Å². The molecule has 4 nitrogen and oxygen atoms in total. The smallest absolute Gasteiger partial charge is 0.239 e. The Bertz CT molecular complexity index is 410. The van der Waals surface area contributed by atoms with E-state index in [1.165, 1.54) is 0 Å². The maximum absolute atomic E-state index is 11.6. The first-order valence-electron chi connectivity index (χ1n) is 5.93. The molecule has 0 saturated heterocycles. The highest BCUT2D eigenvalue weighted by atomic mass is 35.5. The van der Waals surface area contributed by atoms with E-state index in [9.17, 15) is 4.79 Å². The van der Waals surface area contributed by atoms with E-state index in [0.29, 0.717) is 16.5 Å². The molecule has 100 valence electrons. The Hall–Kier alpha value is -1.42. The van der Waals surface area contributed by atoms with Crippen LogP contribution >= 0.6 is 11.6 Å². The second-order valence-electron chi connectivity index (χ2n) is 4.07. The van der Waals surface area contributed by atoms with Gasteiger partial charge in [-0.25, -0.2) is 0 Å². The second kappa shape index (κ2) is 7.11. The molecule has 2 N–H and O–H groups in total. The third-order valence-corrected chi connectivity index (χ3v) is 2.86. The van der Waals surface area contributed by atoms with Crippen LogP contribution < -0.4 is 15.4 Å². The van der Waals surface area contributed by atoms with Crippen LogP contribution in [0.25, 0.3) is 0 Å². The summed E-state index contributed by atoms with van der Waals surface area (Å²) in [6.07, 6.45) is 0.909. The monoisotopic (exact) mass is 270 g/mol. The number of hydrogen-bond donors (Lipinski definition) is 2. The van der Waals surface area contributed by atoms with E-state index in [2.05, 4.69) is 10.6 Å². The molecule has 0 aromatic heterocycles. The summed E-state index contributed by atoms with van der Waals surface area (Å²) in [5.74, 6) is 0.613. The third kappa shape index (κ3) is 4.45. The van der Waals surface area contributed by atoms with Crippen molar-refractivity contribution >= 4 is 23.2 Å². The average molecular weight is 271 g/mol. The summed E-state index contributed by atoms with van der Waals surface area (Å²) in [5.41, 5.74) is 0.712. The molecule has 0 spiro atoms. The van der Waals surface area contributed by atoms with Gasteiger partial charge in [0.15, 0.2) is 0 Å². The van der Waals surface area contributed by atoms with Gasteiger partial charge in [0.1, 0.15) is 5.75 Å². The van der Waals surface area contributed by atoms with Crippen molar-refractivity contribution in [2.75, 3.05) is 19.0 Å². The molecule has 18 heavy (non-hydrogen) atoms. The molecule has 0 saturated carbocycles. The van der Waals surface area contributed by atoms with E-state index >= 15 is 0 Å². The Morgan fingerprint density at radius 2 is 2.22 bits per heavy atom. The van der Waals surface area contributed by atoms with Gasteiger partial charge in [-0.15, -0.1) is 0 Å². The van der Waals surface area contributed by atoms with E-state index in [-0.39, 0.29) is 18.5 Å². The zero-order chi connectivity index (χ0) is 13.5. The number of benzene rings is 1. The lowest BCUT2D eigenvalue weighted by molar-refractivity contribution is -0.120. The van der Waals surface area contributed by atoms with Crippen LogP contribution in [-0.4, -0.2) is 25.6 Å². The maximum Gasteiger partial charge on any atom is 0.239 e.